The lowest BCUT2D eigenvalue weighted by molar-refractivity contribution is -0.144. The van der Waals surface area contributed by atoms with Crippen molar-refractivity contribution >= 4 is 23.8 Å². The first kappa shape index (κ1) is 39.1. The second-order valence-electron chi connectivity index (χ2n) is 13.3. The van der Waals surface area contributed by atoms with Gasteiger partial charge in [0.1, 0.15) is 18.1 Å². The van der Waals surface area contributed by atoms with Crippen LogP contribution in [-0.4, -0.2) is 135 Å². The number of hydrogen-bond donors (Lipinski definition) is 4. The average molecular weight is 679 g/mol. The maximum atomic E-state index is 14.3. The van der Waals surface area contributed by atoms with Gasteiger partial charge in [0.25, 0.3) is 0 Å². The first-order valence-corrected chi connectivity index (χ1v) is 16.8. The summed E-state index contributed by atoms with van der Waals surface area (Å²) in [5, 5.41) is 24.0. The molecule has 1 saturated heterocycles. The van der Waals surface area contributed by atoms with Crippen LogP contribution in [-0.2, 0) is 39.8 Å². The Morgan fingerprint density at radius 3 is 2.25 bits per heavy atom. The third kappa shape index (κ3) is 11.4. The fourth-order valence-corrected chi connectivity index (χ4v) is 5.88. The Bertz CT molecular complexity index is 1210. The number of amides is 4. The van der Waals surface area contributed by atoms with Crippen LogP contribution in [0.5, 0.6) is 0 Å². The van der Waals surface area contributed by atoms with E-state index in [9.17, 15) is 24.3 Å². The highest BCUT2D eigenvalue weighted by atomic mass is 16.6. The number of likely N-dealkylation sites (tertiary alicyclic amines) is 1. The van der Waals surface area contributed by atoms with Gasteiger partial charge in [0.2, 0.25) is 17.7 Å². The molecule has 0 spiro atoms. The molecule has 0 saturated carbocycles. The Balaban J connectivity index is 1.68. The number of ether oxygens (including phenoxy) is 4. The number of hydrogen-bond acceptors (Lipinski definition) is 9. The Morgan fingerprint density at radius 2 is 1.62 bits per heavy atom. The van der Waals surface area contributed by atoms with E-state index in [4.69, 9.17) is 24.1 Å². The number of carbonyl (C=O) groups is 4. The van der Waals surface area contributed by atoms with Crippen molar-refractivity contribution in [2.45, 2.75) is 83.6 Å². The molecule has 3 rings (SSSR count). The molecule has 1 fully saturated rings. The summed E-state index contributed by atoms with van der Waals surface area (Å²) in [5.74, 6) is -1.34. The summed E-state index contributed by atoms with van der Waals surface area (Å²) in [5.41, 5.74) is 1.53. The van der Waals surface area contributed by atoms with Crippen LogP contribution in [0.2, 0.25) is 0 Å². The lowest BCUT2D eigenvalue weighted by Gasteiger charge is -2.37. The van der Waals surface area contributed by atoms with E-state index in [1.807, 2.05) is 39.0 Å². The van der Waals surface area contributed by atoms with Gasteiger partial charge in [-0.2, -0.15) is 0 Å². The topological polar surface area (TPSA) is 176 Å². The molecule has 48 heavy (non-hydrogen) atoms. The van der Waals surface area contributed by atoms with Crippen LogP contribution in [0.4, 0.5) is 4.79 Å². The fraction of sp³-hybridized carbons (Fsp3) is 0.706. The van der Waals surface area contributed by atoms with Crippen LogP contribution in [0.15, 0.2) is 24.3 Å². The van der Waals surface area contributed by atoms with Crippen LogP contribution in [0.3, 0.4) is 0 Å². The summed E-state index contributed by atoms with van der Waals surface area (Å²) in [7, 11) is 1.29. The molecule has 14 nitrogen and oxygen atoms in total. The van der Waals surface area contributed by atoms with E-state index in [0.717, 1.165) is 29.7 Å². The number of carbonyl (C=O) groups excluding carboxylic acids is 3. The zero-order chi connectivity index (χ0) is 35.3. The number of carboxylic acid groups (broad SMARTS) is 1. The summed E-state index contributed by atoms with van der Waals surface area (Å²) in [6.07, 6.45) is 1.23. The molecule has 0 aromatic heterocycles. The standard InChI is InChI=1S/C34H54N4O10/c1-23(37(5)33(43)44)30(40)36-29(34(2,3)4)32(42)38-22-25(48-20-19-47-18-17-46-16-15-45-14-13-39)21-28(38)31(41)35-27-12-8-10-24-9-6-7-11-26(24)27/h6-7,9,11,23,25,27-29,39H,8,10,12-22H2,1-5H3,(H,35,41)(H,36,40)(H,43,44)/t23-,25-,27+,28-,29+/m0/s1. The van der Waals surface area contributed by atoms with Crippen LogP contribution in [0, 0.1) is 5.41 Å². The van der Waals surface area contributed by atoms with Crippen LogP contribution < -0.4 is 10.6 Å². The third-order valence-corrected chi connectivity index (χ3v) is 8.76. The number of aliphatic hydroxyl groups excluding tert-OH is 1. The minimum Gasteiger partial charge on any atom is -0.465 e. The number of benzene rings is 1. The van der Waals surface area contributed by atoms with E-state index in [1.54, 1.807) is 0 Å². The first-order chi connectivity index (χ1) is 22.8. The maximum absolute atomic E-state index is 14.3. The number of nitrogens with one attached hydrogen (secondary N) is 2. The van der Waals surface area contributed by atoms with Gasteiger partial charge in [-0.05, 0) is 42.7 Å². The van der Waals surface area contributed by atoms with E-state index >= 15 is 0 Å². The number of nitrogens with zero attached hydrogens (tertiary/aromatic N) is 2. The highest BCUT2D eigenvalue weighted by molar-refractivity contribution is 5.94. The Labute approximate surface area is 283 Å². The second kappa shape index (κ2) is 19.0. The Kier molecular flexibility index (Phi) is 15.5. The van der Waals surface area contributed by atoms with Crippen molar-refractivity contribution in [1.82, 2.24) is 20.4 Å². The van der Waals surface area contributed by atoms with E-state index in [1.165, 1.54) is 24.4 Å². The predicted octanol–water partition coefficient (Wildman–Crippen LogP) is 1.74. The number of fused-ring (bicyclic) bond motifs is 1. The molecule has 0 bridgehead atoms. The lowest BCUT2D eigenvalue weighted by atomic mass is 9.85. The molecule has 1 heterocycles. The number of aliphatic hydroxyl groups is 1. The normalized spacial score (nSPS) is 20.5. The molecular weight excluding hydrogens is 624 g/mol. The minimum atomic E-state index is -1.27. The third-order valence-electron chi connectivity index (χ3n) is 8.76. The van der Waals surface area contributed by atoms with Gasteiger partial charge in [-0.25, -0.2) is 4.79 Å². The van der Waals surface area contributed by atoms with Crippen LogP contribution in [0.1, 0.15) is 64.1 Å². The quantitative estimate of drug-likeness (QED) is 0.167. The van der Waals surface area contributed by atoms with E-state index < -0.39 is 47.6 Å². The molecule has 0 radical (unpaired) electrons. The minimum absolute atomic E-state index is 0.0318. The van der Waals surface area contributed by atoms with Crippen molar-refractivity contribution < 1.29 is 48.3 Å². The Morgan fingerprint density at radius 1 is 1.00 bits per heavy atom. The van der Waals surface area contributed by atoms with Gasteiger partial charge < -0.3 is 44.7 Å². The van der Waals surface area contributed by atoms with Crippen LogP contribution in [0.25, 0.3) is 0 Å². The van der Waals surface area contributed by atoms with Crippen molar-refractivity contribution in [2.75, 3.05) is 66.4 Å². The summed E-state index contributed by atoms with van der Waals surface area (Å²) in [6.45, 7) is 9.31. The summed E-state index contributed by atoms with van der Waals surface area (Å²) in [4.78, 5) is 55.1. The average Bonchev–Trinajstić information content (AvgIpc) is 3.49. The molecule has 270 valence electrons. The molecular formula is C34H54N4O10. The molecule has 1 aliphatic carbocycles. The maximum Gasteiger partial charge on any atom is 0.407 e. The number of rotatable bonds is 18. The highest BCUT2D eigenvalue weighted by Gasteiger charge is 2.46. The van der Waals surface area contributed by atoms with Gasteiger partial charge in [-0.3, -0.25) is 19.3 Å². The smallest absolute Gasteiger partial charge is 0.407 e. The van der Waals surface area contributed by atoms with Crippen molar-refractivity contribution in [1.29, 1.82) is 0 Å². The summed E-state index contributed by atoms with van der Waals surface area (Å²) < 4.78 is 22.2. The number of aryl methyl sites for hydroxylation is 1. The molecule has 4 N–H and O–H groups in total. The van der Waals surface area contributed by atoms with Gasteiger partial charge in [0.05, 0.1) is 65.0 Å². The van der Waals surface area contributed by atoms with Crippen molar-refractivity contribution in [3.05, 3.63) is 35.4 Å². The molecule has 5 atom stereocenters. The van der Waals surface area contributed by atoms with Crippen LogP contribution >= 0.6 is 0 Å². The van der Waals surface area contributed by atoms with Gasteiger partial charge in [-0.1, -0.05) is 45.0 Å². The Hall–Kier alpha value is -3.30. The molecule has 4 amide bonds. The summed E-state index contributed by atoms with van der Waals surface area (Å²) in [6, 6.07) is 4.97. The highest BCUT2D eigenvalue weighted by Crippen LogP contribution is 2.31. The summed E-state index contributed by atoms with van der Waals surface area (Å²) >= 11 is 0. The fourth-order valence-electron chi connectivity index (χ4n) is 5.88. The number of likely N-dealkylation sites (N-methyl/N-ethyl adjacent to an activating group) is 1. The molecule has 0 unspecified atom stereocenters. The van der Waals surface area contributed by atoms with Crippen molar-refractivity contribution in [3.8, 4) is 0 Å². The molecule has 1 aromatic carbocycles. The lowest BCUT2D eigenvalue weighted by Crippen LogP contribution is -2.60. The molecule has 1 aromatic rings. The second-order valence-corrected chi connectivity index (χ2v) is 13.3. The van der Waals surface area contributed by atoms with Gasteiger partial charge >= 0.3 is 6.09 Å². The largest absolute Gasteiger partial charge is 0.465 e. The van der Waals surface area contributed by atoms with Gasteiger partial charge in [-0.15, -0.1) is 0 Å². The zero-order valence-electron chi connectivity index (χ0n) is 28.9. The molecule has 2 aliphatic rings. The monoisotopic (exact) mass is 678 g/mol. The SMILES string of the molecule is C[C@@H](C(=O)N[C@H](C(=O)N1C[C@@H](OCCOCCOCCOCCO)C[C@H]1C(=O)N[C@@H]1CCCc2ccccc21)C(C)(C)C)N(C)C(=O)O. The van der Waals surface area contributed by atoms with Gasteiger partial charge in [0, 0.05) is 20.0 Å². The van der Waals surface area contributed by atoms with Crippen molar-refractivity contribution in [3.63, 3.8) is 0 Å². The van der Waals surface area contributed by atoms with E-state index in [2.05, 4.69) is 16.7 Å². The van der Waals surface area contributed by atoms with Gasteiger partial charge in [0.15, 0.2) is 0 Å². The van der Waals surface area contributed by atoms with E-state index in [-0.39, 0.29) is 44.7 Å². The molecule has 14 heteroatoms. The van der Waals surface area contributed by atoms with E-state index in [0.29, 0.717) is 33.0 Å². The zero-order valence-corrected chi connectivity index (χ0v) is 28.9. The predicted molar refractivity (Wildman–Crippen MR) is 176 cm³/mol. The first-order valence-electron chi connectivity index (χ1n) is 16.8. The van der Waals surface area contributed by atoms with Crippen molar-refractivity contribution in [2.24, 2.45) is 5.41 Å². The molecule has 1 aliphatic heterocycles.